The minimum Gasteiger partial charge on any atom is -0.392 e. The summed E-state index contributed by atoms with van der Waals surface area (Å²) in [5, 5.41) is 17.7. The van der Waals surface area contributed by atoms with Crippen molar-refractivity contribution in [3.05, 3.63) is 47.5 Å². The number of halogens is 1. The molecule has 0 bridgehead atoms. The molecule has 0 amide bonds. The molecule has 1 aliphatic heterocycles. The van der Waals surface area contributed by atoms with Gasteiger partial charge in [-0.3, -0.25) is 9.58 Å². The van der Waals surface area contributed by atoms with Gasteiger partial charge in [-0.1, -0.05) is 17.3 Å². The molecule has 1 aromatic heterocycles. The molecule has 5 nitrogen and oxygen atoms in total. The monoisotopic (exact) mass is 276 g/mol. The second-order valence-corrected chi connectivity index (χ2v) is 5.24. The SMILES string of the molecule is Cn1nncc1CN1C[C@H](O)C[C@H]1c1ccc(F)cc1. The fraction of sp³-hybridized carbons (Fsp3) is 0.429. The molecule has 1 N–H and O–H groups in total. The highest BCUT2D eigenvalue weighted by atomic mass is 19.1. The van der Waals surface area contributed by atoms with Gasteiger partial charge in [0.05, 0.1) is 18.0 Å². The molecule has 20 heavy (non-hydrogen) atoms. The van der Waals surface area contributed by atoms with Crippen molar-refractivity contribution >= 4 is 0 Å². The zero-order valence-electron chi connectivity index (χ0n) is 11.3. The molecule has 2 heterocycles. The average Bonchev–Trinajstić information content (AvgIpc) is 2.98. The molecular formula is C14H17FN4O. The predicted molar refractivity (Wildman–Crippen MR) is 71.2 cm³/mol. The highest BCUT2D eigenvalue weighted by molar-refractivity contribution is 5.21. The zero-order valence-corrected chi connectivity index (χ0v) is 11.3. The van der Waals surface area contributed by atoms with Gasteiger partial charge >= 0.3 is 0 Å². The smallest absolute Gasteiger partial charge is 0.123 e. The number of hydrogen-bond donors (Lipinski definition) is 1. The maximum atomic E-state index is 13.0. The van der Waals surface area contributed by atoms with Crippen LogP contribution in [0, 0.1) is 5.82 Å². The molecule has 106 valence electrons. The van der Waals surface area contributed by atoms with E-state index in [0.717, 1.165) is 11.3 Å². The third-order valence-corrected chi connectivity index (χ3v) is 3.81. The molecule has 1 saturated heterocycles. The lowest BCUT2D eigenvalue weighted by molar-refractivity contribution is 0.171. The number of benzene rings is 1. The van der Waals surface area contributed by atoms with Gasteiger partial charge in [0.2, 0.25) is 0 Å². The number of aryl methyl sites for hydroxylation is 1. The van der Waals surface area contributed by atoms with Gasteiger partial charge < -0.3 is 5.11 Å². The Morgan fingerprint density at radius 3 is 2.75 bits per heavy atom. The van der Waals surface area contributed by atoms with Crippen LogP contribution in [0.25, 0.3) is 0 Å². The van der Waals surface area contributed by atoms with Crippen molar-refractivity contribution in [1.82, 2.24) is 19.9 Å². The number of aliphatic hydroxyl groups excluding tert-OH is 1. The van der Waals surface area contributed by atoms with Gasteiger partial charge in [-0.05, 0) is 24.1 Å². The Labute approximate surface area is 116 Å². The number of β-amino-alcohol motifs (C(OH)–C–C–N with tert-alkyl or cyclic N) is 1. The molecule has 3 rings (SSSR count). The number of hydrogen-bond acceptors (Lipinski definition) is 4. The molecule has 6 heteroatoms. The Bertz CT molecular complexity index is 583. The predicted octanol–water partition coefficient (Wildman–Crippen LogP) is 1.26. The summed E-state index contributed by atoms with van der Waals surface area (Å²) in [6.07, 6.45) is 2.04. The minimum absolute atomic E-state index is 0.0977. The quantitative estimate of drug-likeness (QED) is 0.917. The van der Waals surface area contributed by atoms with Crippen molar-refractivity contribution < 1.29 is 9.50 Å². The lowest BCUT2D eigenvalue weighted by atomic mass is 10.0. The molecule has 0 saturated carbocycles. The summed E-state index contributed by atoms with van der Waals surface area (Å²) in [4.78, 5) is 2.18. The lowest BCUT2D eigenvalue weighted by Gasteiger charge is -2.24. The molecule has 2 aromatic rings. The maximum Gasteiger partial charge on any atom is 0.123 e. The van der Waals surface area contributed by atoms with Crippen molar-refractivity contribution in [2.75, 3.05) is 6.54 Å². The summed E-state index contributed by atoms with van der Waals surface area (Å²) in [5.41, 5.74) is 2.02. The minimum atomic E-state index is -0.355. The Morgan fingerprint density at radius 2 is 2.10 bits per heavy atom. The van der Waals surface area contributed by atoms with Gasteiger partial charge in [0.1, 0.15) is 5.82 Å². The number of rotatable bonds is 3. The average molecular weight is 276 g/mol. The summed E-state index contributed by atoms with van der Waals surface area (Å²) in [6, 6.07) is 6.59. The van der Waals surface area contributed by atoms with Crippen LogP contribution in [0.5, 0.6) is 0 Å². The van der Waals surface area contributed by atoms with Gasteiger partial charge in [-0.2, -0.15) is 0 Å². The summed E-state index contributed by atoms with van der Waals surface area (Å²) in [5.74, 6) is -0.241. The molecule has 0 aliphatic carbocycles. The Morgan fingerprint density at radius 1 is 1.35 bits per heavy atom. The first-order valence-electron chi connectivity index (χ1n) is 6.64. The maximum absolute atomic E-state index is 13.0. The summed E-state index contributed by atoms with van der Waals surface area (Å²) in [6.45, 7) is 1.27. The fourth-order valence-electron chi connectivity index (χ4n) is 2.75. The standard InChI is InChI=1S/C14H17FN4O/c1-18-12(7-16-17-18)8-19-9-13(20)6-14(19)10-2-4-11(15)5-3-10/h2-5,7,13-14,20H,6,8-9H2,1H3/t13-,14+/m1/s1. The number of nitrogens with zero attached hydrogens (tertiary/aromatic N) is 4. The van der Waals surface area contributed by atoms with E-state index < -0.39 is 0 Å². The molecule has 1 aromatic carbocycles. The van der Waals surface area contributed by atoms with Crippen LogP contribution in [0.4, 0.5) is 4.39 Å². The van der Waals surface area contributed by atoms with E-state index in [1.54, 1.807) is 23.0 Å². The van der Waals surface area contributed by atoms with E-state index in [1.807, 2.05) is 7.05 Å². The van der Waals surface area contributed by atoms with Gasteiger partial charge in [-0.25, -0.2) is 4.39 Å². The largest absolute Gasteiger partial charge is 0.392 e. The normalized spacial score (nSPS) is 23.4. The van der Waals surface area contributed by atoms with Crippen molar-refractivity contribution in [3.8, 4) is 0 Å². The van der Waals surface area contributed by atoms with E-state index >= 15 is 0 Å². The third-order valence-electron chi connectivity index (χ3n) is 3.81. The Balaban J connectivity index is 1.81. The topological polar surface area (TPSA) is 54.2 Å². The van der Waals surface area contributed by atoms with Crippen LogP contribution in [0.3, 0.4) is 0 Å². The van der Waals surface area contributed by atoms with Crippen molar-refractivity contribution in [3.63, 3.8) is 0 Å². The highest BCUT2D eigenvalue weighted by Gasteiger charge is 2.32. The van der Waals surface area contributed by atoms with Crippen molar-refractivity contribution in [2.45, 2.75) is 25.1 Å². The second-order valence-electron chi connectivity index (χ2n) is 5.24. The van der Waals surface area contributed by atoms with Crippen LogP contribution in [-0.4, -0.2) is 37.6 Å². The molecule has 0 radical (unpaired) electrons. The summed E-state index contributed by atoms with van der Waals surface area (Å²) < 4.78 is 14.8. The van der Waals surface area contributed by atoms with Crippen LogP contribution >= 0.6 is 0 Å². The second kappa shape index (κ2) is 5.30. The first-order chi connectivity index (χ1) is 9.63. The molecular weight excluding hydrogens is 259 g/mol. The van der Waals surface area contributed by atoms with E-state index in [4.69, 9.17) is 0 Å². The highest BCUT2D eigenvalue weighted by Crippen LogP contribution is 2.33. The summed E-state index contributed by atoms with van der Waals surface area (Å²) in [7, 11) is 1.85. The van der Waals surface area contributed by atoms with Gasteiger partial charge in [0.15, 0.2) is 0 Å². The number of likely N-dealkylation sites (tertiary alicyclic amines) is 1. The van der Waals surface area contributed by atoms with E-state index in [-0.39, 0.29) is 18.0 Å². The van der Waals surface area contributed by atoms with E-state index in [2.05, 4.69) is 15.2 Å². The van der Waals surface area contributed by atoms with Crippen LogP contribution in [0.2, 0.25) is 0 Å². The Hall–Kier alpha value is -1.79. The summed E-state index contributed by atoms with van der Waals surface area (Å²) >= 11 is 0. The number of aliphatic hydroxyl groups is 1. The fourth-order valence-corrected chi connectivity index (χ4v) is 2.75. The molecule has 2 atom stereocenters. The van der Waals surface area contributed by atoms with E-state index in [0.29, 0.717) is 19.5 Å². The lowest BCUT2D eigenvalue weighted by Crippen LogP contribution is -2.25. The van der Waals surface area contributed by atoms with Crippen molar-refractivity contribution in [1.29, 1.82) is 0 Å². The first-order valence-corrected chi connectivity index (χ1v) is 6.64. The van der Waals surface area contributed by atoms with Crippen LogP contribution in [-0.2, 0) is 13.6 Å². The Kier molecular flexibility index (Phi) is 3.50. The molecule has 1 fully saturated rings. The van der Waals surface area contributed by atoms with Crippen molar-refractivity contribution in [2.24, 2.45) is 7.05 Å². The number of aromatic nitrogens is 3. The zero-order chi connectivity index (χ0) is 14.1. The third kappa shape index (κ3) is 2.57. The van der Waals surface area contributed by atoms with Crippen LogP contribution in [0.15, 0.2) is 30.5 Å². The molecule has 0 spiro atoms. The molecule has 1 aliphatic rings. The van der Waals surface area contributed by atoms with Gasteiger partial charge in [0.25, 0.3) is 0 Å². The molecule has 0 unspecified atom stereocenters. The van der Waals surface area contributed by atoms with E-state index in [9.17, 15) is 9.50 Å². The van der Waals surface area contributed by atoms with Crippen LogP contribution in [0.1, 0.15) is 23.7 Å². The first kappa shape index (κ1) is 13.2. The van der Waals surface area contributed by atoms with Gasteiger partial charge in [-0.15, -0.1) is 5.10 Å². The van der Waals surface area contributed by atoms with E-state index in [1.165, 1.54) is 12.1 Å². The van der Waals surface area contributed by atoms with Gasteiger partial charge in [0, 0.05) is 26.2 Å². The van der Waals surface area contributed by atoms with Crippen LogP contribution < -0.4 is 0 Å².